The van der Waals surface area contributed by atoms with Crippen molar-refractivity contribution in [3.05, 3.63) is 11.5 Å². The highest BCUT2D eigenvalue weighted by molar-refractivity contribution is 6.28. The average molecular weight is 231 g/mol. The molecule has 6 heteroatoms. The molecular formula is C9H15ClN4O. The predicted octanol–water partition coefficient (Wildman–Crippen LogP) is 1.29. The molecular weight excluding hydrogens is 216 g/mol. The molecule has 0 spiro atoms. The quantitative estimate of drug-likeness (QED) is 0.679. The number of anilines is 2. The molecule has 1 rings (SSSR count). The van der Waals surface area contributed by atoms with Gasteiger partial charge in [0.2, 0.25) is 5.28 Å². The van der Waals surface area contributed by atoms with Gasteiger partial charge in [-0.1, -0.05) is 0 Å². The predicted molar refractivity (Wildman–Crippen MR) is 60.9 cm³/mol. The van der Waals surface area contributed by atoms with Gasteiger partial charge in [0.1, 0.15) is 0 Å². The van der Waals surface area contributed by atoms with Crippen LogP contribution >= 0.6 is 11.6 Å². The van der Waals surface area contributed by atoms with Crippen LogP contribution in [0.3, 0.4) is 0 Å². The van der Waals surface area contributed by atoms with Crippen LogP contribution in [0.15, 0.2) is 6.20 Å². The van der Waals surface area contributed by atoms with Crippen LogP contribution in [0.5, 0.6) is 0 Å². The van der Waals surface area contributed by atoms with E-state index in [1.807, 2.05) is 13.8 Å². The topological polar surface area (TPSA) is 84.1 Å². The molecule has 1 heterocycles. The lowest BCUT2D eigenvalue weighted by molar-refractivity contribution is 0.260. The smallest absolute Gasteiger partial charge is 0.224 e. The Labute approximate surface area is 93.7 Å². The molecule has 0 aromatic carbocycles. The second kappa shape index (κ2) is 4.63. The highest BCUT2D eigenvalue weighted by atomic mass is 35.5. The van der Waals surface area contributed by atoms with Crippen LogP contribution in [0.2, 0.25) is 5.28 Å². The van der Waals surface area contributed by atoms with E-state index in [0.717, 1.165) is 0 Å². The van der Waals surface area contributed by atoms with Gasteiger partial charge in [0.25, 0.3) is 0 Å². The molecule has 0 aliphatic rings. The van der Waals surface area contributed by atoms with Gasteiger partial charge in [-0.15, -0.1) is 0 Å². The van der Waals surface area contributed by atoms with Gasteiger partial charge < -0.3 is 16.2 Å². The van der Waals surface area contributed by atoms with Crippen molar-refractivity contribution < 1.29 is 5.11 Å². The highest BCUT2D eigenvalue weighted by Crippen LogP contribution is 2.21. The lowest BCUT2D eigenvalue weighted by Gasteiger charge is -2.26. The van der Waals surface area contributed by atoms with E-state index in [2.05, 4.69) is 15.3 Å². The van der Waals surface area contributed by atoms with Gasteiger partial charge in [-0.3, -0.25) is 0 Å². The molecule has 1 aromatic heterocycles. The molecule has 5 nitrogen and oxygen atoms in total. The summed E-state index contributed by atoms with van der Waals surface area (Å²) in [5.41, 5.74) is 5.83. The first-order valence-electron chi connectivity index (χ1n) is 4.62. The fourth-order valence-corrected chi connectivity index (χ4v) is 1.27. The summed E-state index contributed by atoms with van der Waals surface area (Å²) in [6.45, 7) is 3.98. The minimum atomic E-state index is -0.291. The second-order valence-electron chi connectivity index (χ2n) is 3.93. The first-order valence-corrected chi connectivity index (χ1v) is 4.99. The Morgan fingerprint density at radius 1 is 1.60 bits per heavy atom. The Morgan fingerprint density at radius 2 is 2.27 bits per heavy atom. The number of nitrogens with two attached hydrogens (primary N) is 1. The van der Waals surface area contributed by atoms with Crippen molar-refractivity contribution in [1.29, 1.82) is 0 Å². The van der Waals surface area contributed by atoms with Gasteiger partial charge >= 0.3 is 0 Å². The number of aromatic nitrogens is 2. The van der Waals surface area contributed by atoms with Gasteiger partial charge in [0, 0.05) is 12.1 Å². The van der Waals surface area contributed by atoms with Crippen LogP contribution in [0, 0.1) is 0 Å². The van der Waals surface area contributed by atoms with Crippen molar-refractivity contribution in [3.8, 4) is 0 Å². The van der Waals surface area contributed by atoms with Crippen LogP contribution in [0.4, 0.5) is 11.5 Å². The summed E-state index contributed by atoms with van der Waals surface area (Å²) in [6.07, 6.45) is 2.04. The van der Waals surface area contributed by atoms with Crippen LogP contribution in [-0.4, -0.2) is 27.2 Å². The molecule has 1 aromatic rings. The van der Waals surface area contributed by atoms with E-state index in [9.17, 15) is 0 Å². The normalized spacial score (nSPS) is 11.5. The number of aliphatic hydroxyl groups is 1. The maximum Gasteiger partial charge on any atom is 0.224 e. The summed E-state index contributed by atoms with van der Waals surface area (Å²) in [5.74, 6) is 0.494. The fourth-order valence-electron chi connectivity index (χ4n) is 1.13. The lowest BCUT2D eigenvalue weighted by Crippen LogP contribution is -2.32. The van der Waals surface area contributed by atoms with Gasteiger partial charge in [-0.25, -0.2) is 4.98 Å². The standard InChI is InChI=1S/C9H15ClN4O/c1-9(2,3-4-15)14-7-6(11)5-12-8(10)13-7/h5,15H,3-4,11H2,1-2H3,(H,12,13,14). The largest absolute Gasteiger partial charge is 0.396 e. The fraction of sp³-hybridized carbons (Fsp3) is 0.556. The molecule has 15 heavy (non-hydrogen) atoms. The van der Waals surface area contributed by atoms with E-state index in [0.29, 0.717) is 17.9 Å². The van der Waals surface area contributed by atoms with Gasteiger partial charge in [-0.05, 0) is 31.9 Å². The Balaban J connectivity index is 2.83. The molecule has 0 saturated heterocycles. The maximum absolute atomic E-state index is 8.87. The zero-order valence-corrected chi connectivity index (χ0v) is 9.54. The molecule has 0 saturated carbocycles. The first kappa shape index (κ1) is 12.0. The molecule has 84 valence electrons. The number of nitrogen functional groups attached to an aromatic ring is 1. The molecule has 0 atom stereocenters. The van der Waals surface area contributed by atoms with Crippen molar-refractivity contribution in [2.24, 2.45) is 0 Å². The minimum Gasteiger partial charge on any atom is -0.396 e. The second-order valence-corrected chi connectivity index (χ2v) is 4.26. The van der Waals surface area contributed by atoms with Gasteiger partial charge in [0.05, 0.1) is 11.9 Å². The minimum absolute atomic E-state index is 0.0960. The van der Waals surface area contributed by atoms with Gasteiger partial charge in [0.15, 0.2) is 5.82 Å². The van der Waals surface area contributed by atoms with Crippen LogP contribution in [-0.2, 0) is 0 Å². The van der Waals surface area contributed by atoms with E-state index in [1.54, 1.807) is 0 Å². The Bertz CT molecular complexity index is 343. The maximum atomic E-state index is 8.87. The number of nitrogens with zero attached hydrogens (tertiary/aromatic N) is 2. The van der Waals surface area contributed by atoms with Crippen LogP contribution in [0.25, 0.3) is 0 Å². The number of halogens is 1. The monoisotopic (exact) mass is 230 g/mol. The van der Waals surface area contributed by atoms with E-state index in [4.69, 9.17) is 22.4 Å². The van der Waals surface area contributed by atoms with Gasteiger partial charge in [-0.2, -0.15) is 4.98 Å². The Kier molecular flexibility index (Phi) is 3.71. The summed E-state index contributed by atoms with van der Waals surface area (Å²) in [6, 6.07) is 0. The molecule has 0 aliphatic carbocycles. The zero-order valence-electron chi connectivity index (χ0n) is 8.79. The van der Waals surface area contributed by atoms with Crippen LogP contribution in [0.1, 0.15) is 20.3 Å². The molecule has 0 fully saturated rings. The number of aliphatic hydroxyl groups excluding tert-OH is 1. The third-order valence-electron chi connectivity index (χ3n) is 1.98. The summed E-state index contributed by atoms with van der Waals surface area (Å²) in [4.78, 5) is 7.73. The number of hydrogen-bond donors (Lipinski definition) is 3. The molecule has 0 amide bonds. The van der Waals surface area contributed by atoms with Crippen molar-refractivity contribution in [3.63, 3.8) is 0 Å². The third kappa shape index (κ3) is 3.53. The molecule has 4 N–H and O–H groups in total. The van der Waals surface area contributed by atoms with E-state index in [1.165, 1.54) is 6.20 Å². The summed E-state index contributed by atoms with van der Waals surface area (Å²) in [5, 5.41) is 12.1. The number of nitrogens with one attached hydrogen (secondary N) is 1. The molecule has 0 radical (unpaired) electrons. The highest BCUT2D eigenvalue weighted by Gasteiger charge is 2.18. The summed E-state index contributed by atoms with van der Waals surface area (Å²) < 4.78 is 0. The third-order valence-corrected chi connectivity index (χ3v) is 2.16. The lowest BCUT2D eigenvalue weighted by atomic mass is 10.0. The molecule has 0 aliphatic heterocycles. The van der Waals surface area contributed by atoms with E-state index < -0.39 is 0 Å². The zero-order chi connectivity index (χ0) is 11.5. The molecule has 0 unspecified atom stereocenters. The summed E-state index contributed by atoms with van der Waals surface area (Å²) >= 11 is 5.66. The van der Waals surface area contributed by atoms with Crippen molar-refractivity contribution in [2.75, 3.05) is 17.7 Å². The summed E-state index contributed by atoms with van der Waals surface area (Å²) in [7, 11) is 0. The van der Waals surface area contributed by atoms with Crippen molar-refractivity contribution >= 4 is 23.1 Å². The Hall–Kier alpha value is -1.07. The van der Waals surface area contributed by atoms with E-state index in [-0.39, 0.29) is 17.4 Å². The SMILES string of the molecule is CC(C)(CCO)Nc1nc(Cl)ncc1N. The van der Waals surface area contributed by atoms with Crippen LogP contribution < -0.4 is 11.1 Å². The number of rotatable bonds is 4. The van der Waals surface area contributed by atoms with E-state index >= 15 is 0 Å². The average Bonchev–Trinajstić information content (AvgIpc) is 2.10. The van der Waals surface area contributed by atoms with Crippen molar-refractivity contribution in [1.82, 2.24) is 9.97 Å². The van der Waals surface area contributed by atoms with Crippen molar-refractivity contribution in [2.45, 2.75) is 25.8 Å². The molecule has 0 bridgehead atoms. The Morgan fingerprint density at radius 3 is 2.87 bits per heavy atom. The first-order chi connectivity index (χ1) is 6.94. The number of hydrogen-bond acceptors (Lipinski definition) is 5.